The van der Waals surface area contributed by atoms with Crippen LogP contribution < -0.4 is 11.1 Å². The number of anilines is 2. The van der Waals surface area contributed by atoms with Crippen molar-refractivity contribution < 1.29 is 0 Å². The Morgan fingerprint density at radius 1 is 1.29 bits per heavy atom. The average molecular weight is 309 g/mol. The van der Waals surface area contributed by atoms with Gasteiger partial charge < -0.3 is 11.1 Å². The molecule has 0 spiro atoms. The standard InChI is InChI=1S/C11H9BrN4S/c12-7-3-9(6-14-5-7)16-8-1-2-15-10(4-8)11(13)17/h1-6H,(H2,13,17)(H,15,16). The van der Waals surface area contributed by atoms with E-state index in [0.29, 0.717) is 5.69 Å². The predicted octanol–water partition coefficient (Wildman–Crippen LogP) is 2.62. The maximum atomic E-state index is 5.52. The zero-order valence-corrected chi connectivity index (χ0v) is 11.1. The summed E-state index contributed by atoms with van der Waals surface area (Å²) in [5.41, 5.74) is 7.85. The molecule has 0 saturated carbocycles. The number of hydrogen-bond acceptors (Lipinski definition) is 4. The van der Waals surface area contributed by atoms with Gasteiger partial charge in [-0.3, -0.25) is 9.97 Å². The highest BCUT2D eigenvalue weighted by Crippen LogP contribution is 2.19. The molecule has 0 fully saturated rings. The van der Waals surface area contributed by atoms with Gasteiger partial charge in [-0.1, -0.05) is 12.2 Å². The zero-order chi connectivity index (χ0) is 12.3. The lowest BCUT2D eigenvalue weighted by Gasteiger charge is -2.07. The van der Waals surface area contributed by atoms with Crippen molar-refractivity contribution >= 4 is 44.5 Å². The third-order valence-electron chi connectivity index (χ3n) is 2.01. The molecule has 0 atom stereocenters. The molecule has 0 aliphatic carbocycles. The molecule has 2 aromatic rings. The van der Waals surface area contributed by atoms with Crippen molar-refractivity contribution in [3.8, 4) is 0 Å². The third kappa shape index (κ3) is 3.21. The van der Waals surface area contributed by atoms with E-state index in [2.05, 4.69) is 31.2 Å². The lowest BCUT2D eigenvalue weighted by atomic mass is 10.3. The Bertz CT molecular complexity index is 559. The topological polar surface area (TPSA) is 63.8 Å². The molecule has 17 heavy (non-hydrogen) atoms. The van der Waals surface area contributed by atoms with Crippen molar-refractivity contribution in [3.63, 3.8) is 0 Å². The van der Waals surface area contributed by atoms with Crippen molar-refractivity contribution in [2.24, 2.45) is 5.73 Å². The smallest absolute Gasteiger partial charge is 0.122 e. The summed E-state index contributed by atoms with van der Waals surface area (Å²) in [5.74, 6) is 0. The van der Waals surface area contributed by atoms with Gasteiger partial charge in [0.25, 0.3) is 0 Å². The van der Waals surface area contributed by atoms with Crippen LogP contribution in [0.3, 0.4) is 0 Å². The highest BCUT2D eigenvalue weighted by atomic mass is 79.9. The summed E-state index contributed by atoms with van der Waals surface area (Å²) < 4.78 is 0.908. The van der Waals surface area contributed by atoms with E-state index in [4.69, 9.17) is 18.0 Å². The number of thiocarbonyl (C=S) groups is 1. The number of nitrogens with two attached hydrogens (primary N) is 1. The first-order chi connectivity index (χ1) is 8.15. The fraction of sp³-hybridized carbons (Fsp3) is 0. The lowest BCUT2D eigenvalue weighted by Crippen LogP contribution is -2.11. The van der Waals surface area contributed by atoms with Crippen LogP contribution in [0.4, 0.5) is 11.4 Å². The van der Waals surface area contributed by atoms with Gasteiger partial charge in [0, 0.05) is 22.6 Å². The van der Waals surface area contributed by atoms with E-state index in [9.17, 15) is 0 Å². The van der Waals surface area contributed by atoms with Crippen LogP contribution in [0.1, 0.15) is 5.69 Å². The number of hydrogen-bond donors (Lipinski definition) is 2. The van der Waals surface area contributed by atoms with Crippen LogP contribution in [0.2, 0.25) is 0 Å². The van der Waals surface area contributed by atoms with Crippen LogP contribution in [0.5, 0.6) is 0 Å². The SMILES string of the molecule is NC(=S)c1cc(Nc2cncc(Br)c2)ccn1. The molecule has 0 saturated heterocycles. The molecule has 0 amide bonds. The Morgan fingerprint density at radius 3 is 2.82 bits per heavy atom. The Labute approximate surface area is 112 Å². The second kappa shape index (κ2) is 5.20. The van der Waals surface area contributed by atoms with Gasteiger partial charge in [-0.25, -0.2) is 0 Å². The molecule has 3 N–H and O–H groups in total. The van der Waals surface area contributed by atoms with Crippen molar-refractivity contribution in [3.05, 3.63) is 47.0 Å². The van der Waals surface area contributed by atoms with Gasteiger partial charge >= 0.3 is 0 Å². The van der Waals surface area contributed by atoms with Crippen LogP contribution >= 0.6 is 28.1 Å². The summed E-state index contributed by atoms with van der Waals surface area (Å²) in [6.45, 7) is 0. The van der Waals surface area contributed by atoms with E-state index in [1.54, 1.807) is 24.7 Å². The quantitative estimate of drug-likeness (QED) is 0.853. The molecule has 2 rings (SSSR count). The largest absolute Gasteiger partial charge is 0.388 e. The normalized spacial score (nSPS) is 9.94. The highest BCUT2D eigenvalue weighted by Gasteiger charge is 2.01. The van der Waals surface area contributed by atoms with Crippen LogP contribution in [0.15, 0.2) is 41.3 Å². The first-order valence-corrected chi connectivity index (χ1v) is 5.99. The maximum Gasteiger partial charge on any atom is 0.122 e. The summed E-state index contributed by atoms with van der Waals surface area (Å²) in [6.07, 6.45) is 5.10. The fourth-order valence-corrected chi connectivity index (χ4v) is 1.77. The molecule has 0 aromatic carbocycles. The minimum absolute atomic E-state index is 0.279. The zero-order valence-electron chi connectivity index (χ0n) is 8.72. The summed E-state index contributed by atoms with van der Waals surface area (Å²) in [6, 6.07) is 5.56. The Balaban J connectivity index is 2.24. The average Bonchev–Trinajstić information content (AvgIpc) is 2.29. The molecular weight excluding hydrogens is 300 g/mol. The minimum atomic E-state index is 0.279. The molecule has 2 heterocycles. The monoisotopic (exact) mass is 308 g/mol. The van der Waals surface area contributed by atoms with Gasteiger partial charge in [-0.2, -0.15) is 0 Å². The van der Waals surface area contributed by atoms with Crippen molar-refractivity contribution in [1.29, 1.82) is 0 Å². The van der Waals surface area contributed by atoms with Gasteiger partial charge in [-0.15, -0.1) is 0 Å². The Kier molecular flexibility index (Phi) is 3.65. The van der Waals surface area contributed by atoms with E-state index in [-0.39, 0.29) is 4.99 Å². The second-order valence-corrected chi connectivity index (χ2v) is 4.67. The molecular formula is C11H9BrN4S. The van der Waals surface area contributed by atoms with E-state index in [1.807, 2.05) is 12.1 Å². The minimum Gasteiger partial charge on any atom is -0.388 e. The summed E-state index contributed by atoms with van der Waals surface area (Å²) in [5, 5.41) is 3.19. The number of aromatic nitrogens is 2. The van der Waals surface area contributed by atoms with Crippen LogP contribution in [-0.2, 0) is 0 Å². The van der Waals surface area contributed by atoms with Crippen molar-refractivity contribution in [1.82, 2.24) is 9.97 Å². The van der Waals surface area contributed by atoms with E-state index >= 15 is 0 Å². The number of nitrogens with one attached hydrogen (secondary N) is 1. The van der Waals surface area contributed by atoms with Crippen LogP contribution in [0, 0.1) is 0 Å². The maximum absolute atomic E-state index is 5.52. The fourth-order valence-electron chi connectivity index (χ4n) is 1.29. The summed E-state index contributed by atoms with van der Waals surface area (Å²) >= 11 is 8.23. The molecule has 0 unspecified atom stereocenters. The number of halogens is 1. The molecule has 0 bridgehead atoms. The number of pyridine rings is 2. The molecule has 0 radical (unpaired) electrons. The van der Waals surface area contributed by atoms with Gasteiger partial charge in [0.15, 0.2) is 0 Å². The second-order valence-electron chi connectivity index (χ2n) is 3.31. The molecule has 4 nitrogen and oxygen atoms in total. The predicted molar refractivity (Wildman–Crippen MR) is 75.3 cm³/mol. The number of nitrogens with zero attached hydrogens (tertiary/aromatic N) is 2. The molecule has 2 aromatic heterocycles. The van der Waals surface area contributed by atoms with Gasteiger partial charge in [0.1, 0.15) is 4.99 Å². The van der Waals surface area contributed by atoms with E-state index in [1.165, 1.54) is 0 Å². The molecule has 0 aliphatic rings. The molecule has 86 valence electrons. The van der Waals surface area contributed by atoms with Crippen molar-refractivity contribution in [2.45, 2.75) is 0 Å². The molecule has 0 aliphatic heterocycles. The molecule has 6 heteroatoms. The Morgan fingerprint density at radius 2 is 2.12 bits per heavy atom. The summed E-state index contributed by atoms with van der Waals surface area (Å²) in [7, 11) is 0. The third-order valence-corrected chi connectivity index (χ3v) is 2.65. The summed E-state index contributed by atoms with van der Waals surface area (Å²) in [4.78, 5) is 8.41. The first kappa shape index (κ1) is 11.9. The first-order valence-electron chi connectivity index (χ1n) is 4.78. The highest BCUT2D eigenvalue weighted by molar-refractivity contribution is 9.10. The van der Waals surface area contributed by atoms with E-state index < -0.39 is 0 Å². The number of rotatable bonds is 3. The van der Waals surface area contributed by atoms with Crippen LogP contribution in [-0.4, -0.2) is 15.0 Å². The lowest BCUT2D eigenvalue weighted by molar-refractivity contribution is 1.27. The van der Waals surface area contributed by atoms with Crippen LogP contribution in [0.25, 0.3) is 0 Å². The van der Waals surface area contributed by atoms with Gasteiger partial charge in [0.05, 0.1) is 17.6 Å². The van der Waals surface area contributed by atoms with E-state index in [0.717, 1.165) is 15.8 Å². The van der Waals surface area contributed by atoms with Gasteiger partial charge in [0.2, 0.25) is 0 Å². The van der Waals surface area contributed by atoms with Crippen molar-refractivity contribution in [2.75, 3.05) is 5.32 Å². The van der Waals surface area contributed by atoms with Gasteiger partial charge in [-0.05, 0) is 34.1 Å². The Hall–Kier alpha value is -1.53.